The average molecular weight is 363 g/mol. The van der Waals surface area contributed by atoms with Crippen molar-refractivity contribution >= 4 is 5.78 Å². The molecule has 2 rings (SSSR count). The van der Waals surface area contributed by atoms with E-state index in [-0.39, 0.29) is 5.41 Å². The Morgan fingerprint density at radius 3 is 2.00 bits per heavy atom. The summed E-state index contributed by atoms with van der Waals surface area (Å²) < 4.78 is 5.44. The predicted molar refractivity (Wildman–Crippen MR) is 112 cm³/mol. The van der Waals surface area contributed by atoms with E-state index < -0.39 is 0 Å². The molecule has 142 valence electrons. The van der Waals surface area contributed by atoms with E-state index in [0.717, 1.165) is 29.7 Å². The normalized spacial score (nSPS) is 10.8. The van der Waals surface area contributed by atoms with Gasteiger partial charge in [0.15, 0.2) is 0 Å². The molecule has 2 aromatic carbocycles. The zero-order valence-electron chi connectivity index (χ0n) is 17.0. The van der Waals surface area contributed by atoms with Crippen LogP contribution in [0, 0.1) is 17.3 Å². The third kappa shape index (κ3) is 8.13. The molecule has 0 radical (unpaired) electrons. The van der Waals surface area contributed by atoms with Gasteiger partial charge in [0.2, 0.25) is 0 Å². The first-order valence-corrected chi connectivity index (χ1v) is 9.71. The van der Waals surface area contributed by atoms with Gasteiger partial charge in [0, 0.05) is 24.0 Å². The SMILES string of the molecule is CCOc1ccc(C#Cc2ccc(CCCC(=O)CC(C)(C)C)cc2)cc1. The molecule has 0 aliphatic carbocycles. The third-order valence-corrected chi connectivity index (χ3v) is 4.12. The Kier molecular flexibility index (Phi) is 7.67. The molecule has 0 amide bonds. The molecule has 0 heterocycles. The van der Waals surface area contributed by atoms with E-state index in [1.54, 1.807) is 0 Å². The number of carbonyl (C=O) groups excluding carboxylic acids is 1. The summed E-state index contributed by atoms with van der Waals surface area (Å²) in [7, 11) is 0. The molecule has 0 atom stereocenters. The van der Waals surface area contributed by atoms with E-state index in [1.165, 1.54) is 5.56 Å². The van der Waals surface area contributed by atoms with Gasteiger partial charge in [-0.15, -0.1) is 0 Å². The Balaban J connectivity index is 1.84. The zero-order valence-corrected chi connectivity index (χ0v) is 17.0. The molecule has 2 aromatic rings. The van der Waals surface area contributed by atoms with E-state index in [2.05, 4.69) is 44.7 Å². The Morgan fingerprint density at radius 1 is 0.926 bits per heavy atom. The van der Waals surface area contributed by atoms with Crippen LogP contribution in [0.1, 0.15) is 63.6 Å². The monoisotopic (exact) mass is 362 g/mol. The van der Waals surface area contributed by atoms with Crippen molar-refractivity contribution < 1.29 is 9.53 Å². The van der Waals surface area contributed by atoms with Crippen molar-refractivity contribution in [1.29, 1.82) is 0 Å². The summed E-state index contributed by atoms with van der Waals surface area (Å²) in [6, 6.07) is 16.1. The quantitative estimate of drug-likeness (QED) is 0.581. The number of rotatable bonds is 7. The number of ether oxygens (including phenoxy) is 1. The highest BCUT2D eigenvalue weighted by Crippen LogP contribution is 2.20. The molecular formula is C25H30O2. The molecule has 0 spiro atoms. The van der Waals surface area contributed by atoms with Crippen LogP contribution in [0.5, 0.6) is 5.75 Å². The third-order valence-electron chi connectivity index (χ3n) is 4.12. The zero-order chi connectivity index (χ0) is 19.7. The van der Waals surface area contributed by atoms with E-state index in [0.29, 0.717) is 25.2 Å². The van der Waals surface area contributed by atoms with Crippen molar-refractivity contribution in [2.75, 3.05) is 6.61 Å². The van der Waals surface area contributed by atoms with E-state index in [9.17, 15) is 4.79 Å². The molecule has 0 unspecified atom stereocenters. The molecule has 0 aliphatic rings. The van der Waals surface area contributed by atoms with Gasteiger partial charge in [-0.3, -0.25) is 4.79 Å². The standard InChI is InChI=1S/C25H30O2/c1-5-27-24-17-15-22(16-18-24)14-13-21-11-9-20(10-12-21)7-6-8-23(26)19-25(2,3)4/h9-12,15-18H,5-8,19H2,1-4H3. The van der Waals surface area contributed by atoms with Gasteiger partial charge in [-0.2, -0.15) is 0 Å². The number of hydrogen-bond donors (Lipinski definition) is 0. The molecule has 0 bridgehead atoms. The van der Waals surface area contributed by atoms with Crippen molar-refractivity contribution in [3.8, 4) is 17.6 Å². The van der Waals surface area contributed by atoms with E-state index in [1.807, 2.05) is 43.3 Å². The minimum absolute atomic E-state index is 0.0841. The number of benzene rings is 2. The summed E-state index contributed by atoms with van der Waals surface area (Å²) in [5, 5.41) is 0. The summed E-state index contributed by atoms with van der Waals surface area (Å²) in [5.74, 6) is 7.60. The summed E-state index contributed by atoms with van der Waals surface area (Å²) >= 11 is 0. The van der Waals surface area contributed by atoms with Gasteiger partial charge in [-0.05, 0) is 67.1 Å². The predicted octanol–water partition coefficient (Wildman–Crippen LogP) is 5.81. The lowest BCUT2D eigenvalue weighted by atomic mass is 9.88. The van der Waals surface area contributed by atoms with Crippen LogP contribution in [0.4, 0.5) is 0 Å². The second-order valence-electron chi connectivity index (χ2n) is 8.03. The lowest BCUT2D eigenvalue weighted by molar-refractivity contribution is -0.120. The Hall–Kier alpha value is -2.53. The smallest absolute Gasteiger partial charge is 0.133 e. The molecule has 27 heavy (non-hydrogen) atoms. The van der Waals surface area contributed by atoms with Crippen LogP contribution in [0.2, 0.25) is 0 Å². The first-order chi connectivity index (χ1) is 12.9. The fraction of sp³-hybridized carbons (Fsp3) is 0.400. The van der Waals surface area contributed by atoms with Crippen LogP contribution in [0.3, 0.4) is 0 Å². The van der Waals surface area contributed by atoms with Gasteiger partial charge < -0.3 is 4.74 Å². The topological polar surface area (TPSA) is 26.3 Å². The van der Waals surface area contributed by atoms with Gasteiger partial charge in [0.05, 0.1) is 6.61 Å². The first-order valence-electron chi connectivity index (χ1n) is 9.71. The molecular weight excluding hydrogens is 332 g/mol. The van der Waals surface area contributed by atoms with Gasteiger partial charge in [-0.25, -0.2) is 0 Å². The van der Waals surface area contributed by atoms with Crippen molar-refractivity contribution in [2.24, 2.45) is 5.41 Å². The molecule has 0 aromatic heterocycles. The van der Waals surface area contributed by atoms with Gasteiger partial charge >= 0.3 is 0 Å². The molecule has 0 fully saturated rings. The average Bonchev–Trinajstić information content (AvgIpc) is 2.61. The highest BCUT2D eigenvalue weighted by atomic mass is 16.5. The molecule has 2 nitrogen and oxygen atoms in total. The minimum Gasteiger partial charge on any atom is -0.494 e. The first kappa shape index (κ1) is 20.8. The summed E-state index contributed by atoms with van der Waals surface area (Å²) in [6.45, 7) is 8.97. The lowest BCUT2D eigenvalue weighted by Crippen LogP contribution is -2.12. The van der Waals surface area contributed by atoms with Crippen LogP contribution >= 0.6 is 0 Å². The molecule has 0 aliphatic heterocycles. The number of hydrogen-bond acceptors (Lipinski definition) is 2. The maximum Gasteiger partial charge on any atom is 0.133 e. The van der Waals surface area contributed by atoms with Gasteiger partial charge in [0.1, 0.15) is 11.5 Å². The number of Topliss-reactive ketones (excluding diaryl/α,β-unsaturated/α-hetero) is 1. The van der Waals surface area contributed by atoms with Crippen LogP contribution in [-0.4, -0.2) is 12.4 Å². The number of carbonyl (C=O) groups is 1. The highest BCUT2D eigenvalue weighted by molar-refractivity contribution is 5.78. The maximum absolute atomic E-state index is 12.0. The van der Waals surface area contributed by atoms with Crippen LogP contribution in [0.15, 0.2) is 48.5 Å². The highest BCUT2D eigenvalue weighted by Gasteiger charge is 2.15. The van der Waals surface area contributed by atoms with Crippen LogP contribution in [-0.2, 0) is 11.2 Å². The molecule has 0 saturated heterocycles. The Bertz CT molecular complexity index is 781. The summed E-state index contributed by atoms with van der Waals surface area (Å²) in [4.78, 5) is 12.0. The van der Waals surface area contributed by atoms with Crippen molar-refractivity contribution in [3.05, 3.63) is 65.2 Å². The van der Waals surface area contributed by atoms with E-state index in [4.69, 9.17) is 4.74 Å². The van der Waals surface area contributed by atoms with Gasteiger partial charge in [-0.1, -0.05) is 44.7 Å². The lowest BCUT2D eigenvalue weighted by Gasteiger charge is -2.16. The van der Waals surface area contributed by atoms with E-state index >= 15 is 0 Å². The number of aryl methyl sites for hydroxylation is 1. The largest absolute Gasteiger partial charge is 0.494 e. The van der Waals surface area contributed by atoms with Crippen LogP contribution in [0.25, 0.3) is 0 Å². The van der Waals surface area contributed by atoms with Crippen molar-refractivity contribution in [1.82, 2.24) is 0 Å². The Morgan fingerprint density at radius 2 is 1.48 bits per heavy atom. The van der Waals surface area contributed by atoms with Gasteiger partial charge in [0.25, 0.3) is 0 Å². The fourth-order valence-electron chi connectivity index (χ4n) is 2.87. The minimum atomic E-state index is 0.0841. The second kappa shape index (κ2) is 9.97. The van der Waals surface area contributed by atoms with Crippen molar-refractivity contribution in [2.45, 2.75) is 53.4 Å². The fourth-order valence-corrected chi connectivity index (χ4v) is 2.87. The van der Waals surface area contributed by atoms with Crippen LogP contribution < -0.4 is 4.74 Å². The second-order valence-corrected chi connectivity index (χ2v) is 8.03. The molecule has 0 N–H and O–H groups in total. The Labute approximate surface area is 164 Å². The summed E-state index contributed by atoms with van der Waals surface area (Å²) in [5.41, 5.74) is 3.31. The molecule has 2 heteroatoms. The number of ketones is 1. The summed E-state index contributed by atoms with van der Waals surface area (Å²) in [6.07, 6.45) is 3.16. The van der Waals surface area contributed by atoms with Crippen molar-refractivity contribution in [3.63, 3.8) is 0 Å². The maximum atomic E-state index is 12.0. The molecule has 0 saturated carbocycles.